The standard InChI is InChI=1S/C19H25N5/c1-14-7-9-17(10-8-14)15(2)22-23-18-13-19(21-16(3)20-18)24-11-5-4-6-12-24/h7-10,13H,4-6,11-12H2,1-3H3,(H,20,21,23)/b22-15+. The van der Waals surface area contributed by atoms with Gasteiger partial charge in [-0.1, -0.05) is 29.8 Å². The fourth-order valence-electron chi connectivity index (χ4n) is 2.89. The monoisotopic (exact) mass is 323 g/mol. The Bertz CT molecular complexity index is 715. The van der Waals surface area contributed by atoms with Crippen LogP contribution in [-0.4, -0.2) is 28.8 Å². The molecular formula is C19H25N5. The number of aromatic nitrogens is 2. The van der Waals surface area contributed by atoms with Crippen molar-refractivity contribution in [2.24, 2.45) is 5.10 Å². The molecule has 1 N–H and O–H groups in total. The van der Waals surface area contributed by atoms with Crippen LogP contribution >= 0.6 is 0 Å². The van der Waals surface area contributed by atoms with Crippen molar-refractivity contribution >= 4 is 17.3 Å². The maximum atomic E-state index is 4.58. The molecule has 0 aliphatic carbocycles. The molecule has 3 rings (SSSR count). The zero-order valence-electron chi connectivity index (χ0n) is 14.7. The molecule has 0 amide bonds. The zero-order chi connectivity index (χ0) is 16.9. The van der Waals surface area contributed by atoms with Gasteiger partial charge in [0, 0.05) is 19.2 Å². The van der Waals surface area contributed by atoms with Crippen LogP contribution in [0, 0.1) is 13.8 Å². The molecule has 1 aromatic carbocycles. The Morgan fingerprint density at radius 1 is 1.04 bits per heavy atom. The van der Waals surface area contributed by atoms with E-state index in [4.69, 9.17) is 0 Å². The summed E-state index contributed by atoms with van der Waals surface area (Å²) in [6.07, 6.45) is 3.78. The summed E-state index contributed by atoms with van der Waals surface area (Å²) >= 11 is 0. The van der Waals surface area contributed by atoms with Crippen molar-refractivity contribution < 1.29 is 0 Å². The molecule has 24 heavy (non-hydrogen) atoms. The third-order valence-corrected chi connectivity index (χ3v) is 4.31. The zero-order valence-corrected chi connectivity index (χ0v) is 14.7. The molecule has 126 valence electrons. The van der Waals surface area contributed by atoms with Crippen LogP contribution < -0.4 is 10.3 Å². The van der Waals surface area contributed by atoms with E-state index in [1.54, 1.807) is 0 Å². The predicted octanol–water partition coefficient (Wildman–Crippen LogP) is 3.92. The molecule has 0 saturated carbocycles. The molecular weight excluding hydrogens is 298 g/mol. The van der Waals surface area contributed by atoms with Crippen LogP contribution in [0.15, 0.2) is 35.4 Å². The maximum absolute atomic E-state index is 4.58. The molecule has 0 bridgehead atoms. The number of piperidine rings is 1. The van der Waals surface area contributed by atoms with Crippen LogP contribution in [0.25, 0.3) is 0 Å². The Labute approximate surface area is 143 Å². The van der Waals surface area contributed by atoms with E-state index in [1.165, 1.54) is 24.8 Å². The molecule has 1 saturated heterocycles. The Balaban J connectivity index is 1.75. The molecule has 2 heterocycles. The average molecular weight is 323 g/mol. The molecule has 5 heteroatoms. The lowest BCUT2D eigenvalue weighted by molar-refractivity contribution is 0.572. The Morgan fingerprint density at radius 2 is 1.75 bits per heavy atom. The van der Waals surface area contributed by atoms with E-state index in [9.17, 15) is 0 Å². The molecule has 1 fully saturated rings. The molecule has 0 atom stereocenters. The summed E-state index contributed by atoms with van der Waals surface area (Å²) in [4.78, 5) is 11.4. The lowest BCUT2D eigenvalue weighted by atomic mass is 10.1. The van der Waals surface area contributed by atoms with Gasteiger partial charge >= 0.3 is 0 Å². The van der Waals surface area contributed by atoms with Gasteiger partial charge in [0.1, 0.15) is 11.6 Å². The van der Waals surface area contributed by atoms with Crippen molar-refractivity contribution in [3.63, 3.8) is 0 Å². The van der Waals surface area contributed by atoms with Crippen LogP contribution in [0.2, 0.25) is 0 Å². The summed E-state index contributed by atoms with van der Waals surface area (Å²) in [5.74, 6) is 2.51. The topological polar surface area (TPSA) is 53.4 Å². The second-order valence-electron chi connectivity index (χ2n) is 6.38. The van der Waals surface area contributed by atoms with Gasteiger partial charge < -0.3 is 4.90 Å². The number of anilines is 2. The minimum Gasteiger partial charge on any atom is -0.356 e. The minimum absolute atomic E-state index is 0.745. The Kier molecular flexibility index (Phi) is 5.08. The summed E-state index contributed by atoms with van der Waals surface area (Å²) in [7, 11) is 0. The third kappa shape index (κ3) is 4.10. The highest BCUT2D eigenvalue weighted by molar-refractivity contribution is 5.99. The number of hydrogen-bond acceptors (Lipinski definition) is 5. The fourth-order valence-corrected chi connectivity index (χ4v) is 2.89. The first-order valence-corrected chi connectivity index (χ1v) is 8.60. The van der Waals surface area contributed by atoms with Gasteiger partial charge in [-0.15, -0.1) is 0 Å². The van der Waals surface area contributed by atoms with E-state index in [-0.39, 0.29) is 0 Å². The first-order chi connectivity index (χ1) is 11.6. The molecule has 0 radical (unpaired) electrons. The number of hydrogen-bond donors (Lipinski definition) is 1. The molecule has 0 spiro atoms. The van der Waals surface area contributed by atoms with Crippen molar-refractivity contribution in [1.82, 2.24) is 9.97 Å². The smallest absolute Gasteiger partial charge is 0.152 e. The molecule has 1 aromatic heterocycles. The number of benzene rings is 1. The second-order valence-corrected chi connectivity index (χ2v) is 6.38. The van der Waals surface area contributed by atoms with E-state index < -0.39 is 0 Å². The number of nitrogens with zero attached hydrogens (tertiary/aromatic N) is 4. The summed E-state index contributed by atoms with van der Waals surface area (Å²) in [6, 6.07) is 10.3. The van der Waals surface area contributed by atoms with Gasteiger partial charge in [0.25, 0.3) is 0 Å². The summed E-state index contributed by atoms with van der Waals surface area (Å²) in [5.41, 5.74) is 6.38. The molecule has 5 nitrogen and oxygen atoms in total. The van der Waals surface area contributed by atoms with Crippen molar-refractivity contribution in [2.45, 2.75) is 40.0 Å². The SMILES string of the molecule is C/C(=N\Nc1cc(N2CCCCC2)nc(C)n1)c1ccc(C)cc1. The lowest BCUT2D eigenvalue weighted by Gasteiger charge is -2.28. The summed E-state index contributed by atoms with van der Waals surface area (Å²) in [6.45, 7) is 8.15. The summed E-state index contributed by atoms with van der Waals surface area (Å²) < 4.78 is 0. The molecule has 1 aliphatic rings. The average Bonchev–Trinajstić information content (AvgIpc) is 2.60. The Hall–Kier alpha value is -2.43. The highest BCUT2D eigenvalue weighted by Crippen LogP contribution is 2.20. The van der Waals surface area contributed by atoms with Crippen LogP contribution in [0.4, 0.5) is 11.6 Å². The first-order valence-electron chi connectivity index (χ1n) is 8.60. The Morgan fingerprint density at radius 3 is 2.46 bits per heavy atom. The van der Waals surface area contributed by atoms with Crippen molar-refractivity contribution in [3.05, 3.63) is 47.3 Å². The highest BCUT2D eigenvalue weighted by Gasteiger charge is 2.13. The van der Waals surface area contributed by atoms with E-state index in [0.29, 0.717) is 0 Å². The van der Waals surface area contributed by atoms with Gasteiger partial charge in [0.2, 0.25) is 0 Å². The van der Waals surface area contributed by atoms with Crippen LogP contribution in [0.1, 0.15) is 43.1 Å². The van der Waals surface area contributed by atoms with E-state index in [2.05, 4.69) is 56.6 Å². The van der Waals surface area contributed by atoms with Gasteiger partial charge in [0.05, 0.1) is 5.71 Å². The number of hydrazone groups is 1. The first kappa shape index (κ1) is 16.4. The van der Waals surface area contributed by atoms with E-state index in [1.807, 2.05) is 19.9 Å². The third-order valence-electron chi connectivity index (χ3n) is 4.31. The van der Waals surface area contributed by atoms with Crippen molar-refractivity contribution in [3.8, 4) is 0 Å². The van der Waals surface area contributed by atoms with Crippen molar-refractivity contribution in [1.29, 1.82) is 0 Å². The normalized spacial score (nSPS) is 15.5. The fraction of sp³-hybridized carbons (Fsp3) is 0.421. The quantitative estimate of drug-likeness (QED) is 0.684. The maximum Gasteiger partial charge on any atom is 0.152 e. The van der Waals surface area contributed by atoms with Gasteiger partial charge in [-0.2, -0.15) is 5.10 Å². The second kappa shape index (κ2) is 7.43. The van der Waals surface area contributed by atoms with Crippen LogP contribution in [0.3, 0.4) is 0 Å². The lowest BCUT2D eigenvalue weighted by Crippen LogP contribution is -2.30. The largest absolute Gasteiger partial charge is 0.356 e. The van der Waals surface area contributed by atoms with Gasteiger partial charge in [-0.25, -0.2) is 9.97 Å². The van der Waals surface area contributed by atoms with Crippen LogP contribution in [-0.2, 0) is 0 Å². The number of nitrogens with one attached hydrogen (secondary N) is 1. The minimum atomic E-state index is 0.745. The molecule has 0 unspecified atom stereocenters. The van der Waals surface area contributed by atoms with E-state index >= 15 is 0 Å². The molecule has 2 aromatic rings. The number of aryl methyl sites for hydroxylation is 2. The van der Waals surface area contributed by atoms with Gasteiger partial charge in [-0.3, -0.25) is 5.43 Å². The highest BCUT2D eigenvalue weighted by atomic mass is 15.3. The van der Waals surface area contributed by atoms with Crippen molar-refractivity contribution in [2.75, 3.05) is 23.4 Å². The van der Waals surface area contributed by atoms with Crippen LogP contribution in [0.5, 0.6) is 0 Å². The van der Waals surface area contributed by atoms with E-state index in [0.717, 1.165) is 41.8 Å². The predicted molar refractivity (Wildman–Crippen MR) is 99.8 cm³/mol. The number of rotatable bonds is 4. The molecule has 1 aliphatic heterocycles. The van der Waals surface area contributed by atoms with Gasteiger partial charge in [0.15, 0.2) is 5.82 Å². The van der Waals surface area contributed by atoms with Gasteiger partial charge in [-0.05, 0) is 45.6 Å². The summed E-state index contributed by atoms with van der Waals surface area (Å²) in [5, 5.41) is 4.48.